The number of H-pyrrole nitrogens is 1. The van der Waals surface area contributed by atoms with E-state index in [1.807, 2.05) is 24.3 Å². The van der Waals surface area contributed by atoms with Gasteiger partial charge in [0.1, 0.15) is 5.15 Å². The summed E-state index contributed by atoms with van der Waals surface area (Å²) in [4.78, 5) is 8.38. The quantitative estimate of drug-likeness (QED) is 0.717. The van der Waals surface area contributed by atoms with Crippen LogP contribution in [0.1, 0.15) is 0 Å². The van der Waals surface area contributed by atoms with Crippen molar-refractivity contribution in [1.29, 1.82) is 0 Å². The molecule has 0 aliphatic rings. The molecule has 4 nitrogen and oxygen atoms in total. The van der Waals surface area contributed by atoms with Gasteiger partial charge >= 0.3 is 0 Å². The predicted octanol–water partition coefficient (Wildman–Crippen LogP) is 3.19. The van der Waals surface area contributed by atoms with Gasteiger partial charge in [-0.05, 0) is 24.3 Å². The zero-order valence-electron chi connectivity index (χ0n) is 9.34. The van der Waals surface area contributed by atoms with E-state index in [1.54, 1.807) is 24.7 Å². The van der Waals surface area contributed by atoms with Gasteiger partial charge in [-0.3, -0.25) is 10.1 Å². The molecule has 0 spiro atoms. The molecule has 88 valence electrons. The van der Waals surface area contributed by atoms with Crippen molar-refractivity contribution >= 4 is 11.6 Å². The van der Waals surface area contributed by atoms with Crippen molar-refractivity contribution in [3.05, 3.63) is 54.1 Å². The standard InChI is InChI=1S/C13H9ClN4/c14-12-5-4-9(7-16-12)10-8-17-18-13(10)11-3-1-2-6-15-11/h1-8H,(H,17,18). The van der Waals surface area contributed by atoms with Crippen LogP contribution >= 0.6 is 11.6 Å². The summed E-state index contributed by atoms with van der Waals surface area (Å²) in [6.45, 7) is 0. The molecule has 5 heteroatoms. The van der Waals surface area contributed by atoms with E-state index in [-0.39, 0.29) is 0 Å². The molecule has 0 atom stereocenters. The lowest BCUT2D eigenvalue weighted by molar-refractivity contribution is 1.09. The molecular weight excluding hydrogens is 248 g/mol. The van der Waals surface area contributed by atoms with Crippen LogP contribution in [0.2, 0.25) is 5.15 Å². The first-order valence-corrected chi connectivity index (χ1v) is 5.79. The molecule has 3 aromatic heterocycles. The molecule has 3 heterocycles. The molecule has 3 aromatic rings. The van der Waals surface area contributed by atoms with Gasteiger partial charge in [-0.2, -0.15) is 5.10 Å². The molecule has 0 radical (unpaired) electrons. The van der Waals surface area contributed by atoms with E-state index < -0.39 is 0 Å². The number of nitrogens with zero attached hydrogens (tertiary/aromatic N) is 3. The van der Waals surface area contributed by atoms with Crippen LogP contribution < -0.4 is 0 Å². The van der Waals surface area contributed by atoms with Crippen LogP contribution in [-0.4, -0.2) is 20.2 Å². The molecule has 0 amide bonds. The molecule has 3 rings (SSSR count). The third-order valence-electron chi connectivity index (χ3n) is 2.60. The van der Waals surface area contributed by atoms with Crippen molar-refractivity contribution in [2.45, 2.75) is 0 Å². The monoisotopic (exact) mass is 256 g/mol. The number of hydrogen-bond acceptors (Lipinski definition) is 3. The largest absolute Gasteiger partial charge is 0.276 e. The SMILES string of the molecule is Clc1ccc(-c2cn[nH]c2-c2ccccn2)cn1. The second kappa shape index (κ2) is 4.58. The molecule has 0 unspecified atom stereocenters. The summed E-state index contributed by atoms with van der Waals surface area (Å²) in [5.41, 5.74) is 3.63. The number of nitrogens with one attached hydrogen (secondary N) is 1. The van der Waals surface area contributed by atoms with Crippen molar-refractivity contribution in [2.75, 3.05) is 0 Å². The minimum Gasteiger partial charge on any atom is -0.276 e. The molecule has 0 aliphatic heterocycles. The topological polar surface area (TPSA) is 54.5 Å². The summed E-state index contributed by atoms with van der Waals surface area (Å²) in [5, 5.41) is 7.51. The minimum absolute atomic E-state index is 0.474. The molecule has 1 N–H and O–H groups in total. The first-order chi connectivity index (χ1) is 8.84. The summed E-state index contributed by atoms with van der Waals surface area (Å²) in [6.07, 6.45) is 5.23. The van der Waals surface area contributed by atoms with Gasteiger partial charge in [-0.15, -0.1) is 0 Å². The van der Waals surface area contributed by atoms with Gasteiger partial charge in [0, 0.05) is 23.5 Å². The van der Waals surface area contributed by atoms with Crippen LogP contribution in [0, 0.1) is 0 Å². The first-order valence-electron chi connectivity index (χ1n) is 5.41. The Labute approximate surface area is 109 Å². The van der Waals surface area contributed by atoms with Crippen LogP contribution in [0.25, 0.3) is 22.5 Å². The maximum atomic E-state index is 5.78. The van der Waals surface area contributed by atoms with Crippen molar-refractivity contribution in [2.24, 2.45) is 0 Å². The van der Waals surface area contributed by atoms with E-state index >= 15 is 0 Å². The summed E-state index contributed by atoms with van der Waals surface area (Å²) in [7, 11) is 0. The zero-order chi connectivity index (χ0) is 12.4. The van der Waals surface area contributed by atoms with E-state index in [2.05, 4.69) is 20.2 Å². The van der Waals surface area contributed by atoms with Gasteiger partial charge in [-0.1, -0.05) is 17.7 Å². The highest BCUT2D eigenvalue weighted by Crippen LogP contribution is 2.28. The van der Waals surface area contributed by atoms with Gasteiger partial charge in [-0.25, -0.2) is 4.98 Å². The van der Waals surface area contributed by atoms with Crippen LogP contribution in [0.5, 0.6) is 0 Å². The van der Waals surface area contributed by atoms with Crippen LogP contribution in [0.4, 0.5) is 0 Å². The first kappa shape index (κ1) is 10.9. The van der Waals surface area contributed by atoms with E-state index in [0.29, 0.717) is 5.15 Å². The Bertz CT molecular complexity index is 646. The lowest BCUT2D eigenvalue weighted by Crippen LogP contribution is -1.86. The fraction of sp³-hybridized carbons (Fsp3) is 0. The maximum absolute atomic E-state index is 5.78. The number of pyridine rings is 2. The number of rotatable bonds is 2. The van der Waals surface area contributed by atoms with Gasteiger partial charge in [0.2, 0.25) is 0 Å². The second-order valence-corrected chi connectivity index (χ2v) is 4.13. The Morgan fingerprint density at radius 1 is 1.00 bits per heavy atom. The van der Waals surface area contributed by atoms with E-state index in [4.69, 9.17) is 11.6 Å². The summed E-state index contributed by atoms with van der Waals surface area (Å²) < 4.78 is 0. The summed E-state index contributed by atoms with van der Waals surface area (Å²) in [6, 6.07) is 9.41. The predicted molar refractivity (Wildman–Crippen MR) is 70.1 cm³/mol. The third kappa shape index (κ3) is 1.98. The molecule has 0 bridgehead atoms. The van der Waals surface area contributed by atoms with Crippen LogP contribution in [-0.2, 0) is 0 Å². The number of hydrogen-bond donors (Lipinski definition) is 1. The molecule has 0 saturated carbocycles. The molecular formula is C13H9ClN4. The van der Waals surface area contributed by atoms with E-state index in [9.17, 15) is 0 Å². The maximum Gasteiger partial charge on any atom is 0.129 e. The lowest BCUT2D eigenvalue weighted by atomic mass is 10.1. The third-order valence-corrected chi connectivity index (χ3v) is 2.82. The summed E-state index contributed by atoms with van der Waals surface area (Å²) >= 11 is 5.78. The van der Waals surface area contributed by atoms with Gasteiger partial charge in [0.25, 0.3) is 0 Å². The molecule has 0 saturated heterocycles. The van der Waals surface area contributed by atoms with Crippen molar-refractivity contribution < 1.29 is 0 Å². The van der Waals surface area contributed by atoms with Gasteiger partial charge < -0.3 is 0 Å². The normalized spacial score (nSPS) is 10.5. The van der Waals surface area contributed by atoms with Crippen molar-refractivity contribution in [3.63, 3.8) is 0 Å². The number of aromatic nitrogens is 4. The number of halogens is 1. The van der Waals surface area contributed by atoms with Crippen molar-refractivity contribution in [1.82, 2.24) is 20.2 Å². The highest BCUT2D eigenvalue weighted by atomic mass is 35.5. The fourth-order valence-electron chi connectivity index (χ4n) is 1.75. The van der Waals surface area contributed by atoms with Gasteiger partial charge in [0.05, 0.1) is 17.6 Å². The molecule has 18 heavy (non-hydrogen) atoms. The Kier molecular flexibility index (Phi) is 2.78. The van der Waals surface area contributed by atoms with Crippen LogP contribution in [0.15, 0.2) is 48.9 Å². The van der Waals surface area contributed by atoms with E-state index in [0.717, 1.165) is 22.5 Å². The zero-order valence-corrected chi connectivity index (χ0v) is 10.1. The molecule has 0 aromatic carbocycles. The average molecular weight is 257 g/mol. The van der Waals surface area contributed by atoms with Gasteiger partial charge in [0.15, 0.2) is 0 Å². The Balaban J connectivity index is 2.10. The lowest BCUT2D eigenvalue weighted by Gasteiger charge is -2.02. The smallest absolute Gasteiger partial charge is 0.129 e. The highest BCUT2D eigenvalue weighted by Gasteiger charge is 2.10. The van der Waals surface area contributed by atoms with E-state index in [1.165, 1.54) is 0 Å². The van der Waals surface area contributed by atoms with Crippen molar-refractivity contribution in [3.8, 4) is 22.5 Å². The average Bonchev–Trinajstić information content (AvgIpc) is 2.90. The Morgan fingerprint density at radius 3 is 2.67 bits per heavy atom. The number of aromatic amines is 1. The second-order valence-electron chi connectivity index (χ2n) is 3.74. The minimum atomic E-state index is 0.474. The Hall–Kier alpha value is -2.20. The highest BCUT2D eigenvalue weighted by molar-refractivity contribution is 6.29. The summed E-state index contributed by atoms with van der Waals surface area (Å²) in [5.74, 6) is 0. The molecule has 0 aliphatic carbocycles. The van der Waals surface area contributed by atoms with Crippen LogP contribution in [0.3, 0.4) is 0 Å². The Morgan fingerprint density at radius 2 is 1.94 bits per heavy atom. The molecule has 0 fully saturated rings. The fourth-order valence-corrected chi connectivity index (χ4v) is 1.86.